The molecular formula is C19H18N2O3. The van der Waals surface area contributed by atoms with E-state index in [1.165, 1.54) is 0 Å². The average molecular weight is 322 g/mol. The van der Waals surface area contributed by atoms with E-state index in [4.69, 9.17) is 9.15 Å². The van der Waals surface area contributed by atoms with E-state index in [-0.39, 0.29) is 11.9 Å². The molecule has 3 aromatic rings. The number of hydrogen-bond donors (Lipinski definition) is 1. The normalized spacial score (nSPS) is 11.8. The lowest BCUT2D eigenvalue weighted by atomic mass is 10.1. The molecule has 24 heavy (non-hydrogen) atoms. The summed E-state index contributed by atoms with van der Waals surface area (Å²) in [5.41, 5.74) is 2.06. The molecule has 2 heterocycles. The average Bonchev–Trinajstić information content (AvgIpc) is 3.16. The van der Waals surface area contributed by atoms with Crippen molar-refractivity contribution < 1.29 is 13.9 Å². The maximum absolute atomic E-state index is 12.5. The van der Waals surface area contributed by atoms with Crippen LogP contribution in [0, 0.1) is 0 Å². The first kappa shape index (κ1) is 15.8. The van der Waals surface area contributed by atoms with E-state index in [1.807, 2.05) is 31.2 Å². The van der Waals surface area contributed by atoms with Crippen LogP contribution in [-0.4, -0.2) is 18.0 Å². The zero-order chi connectivity index (χ0) is 16.9. The second-order valence-corrected chi connectivity index (χ2v) is 5.34. The van der Waals surface area contributed by atoms with Gasteiger partial charge in [-0.3, -0.25) is 9.78 Å². The van der Waals surface area contributed by atoms with Crippen molar-refractivity contribution in [2.45, 2.75) is 13.0 Å². The summed E-state index contributed by atoms with van der Waals surface area (Å²) in [7, 11) is 1.60. The van der Waals surface area contributed by atoms with Crippen LogP contribution >= 0.6 is 0 Å². The summed E-state index contributed by atoms with van der Waals surface area (Å²) in [6.45, 7) is 1.87. The van der Waals surface area contributed by atoms with Gasteiger partial charge in [-0.25, -0.2) is 0 Å². The Balaban J connectivity index is 1.87. The van der Waals surface area contributed by atoms with Gasteiger partial charge >= 0.3 is 0 Å². The molecule has 0 bridgehead atoms. The summed E-state index contributed by atoms with van der Waals surface area (Å²) in [4.78, 5) is 16.9. The third kappa shape index (κ3) is 3.30. The SMILES string of the molecule is COc1ccc(C(=O)N[C@H](C)c2ccco2)cc1-c1ccccn1. The van der Waals surface area contributed by atoms with E-state index in [1.54, 1.807) is 43.8 Å². The van der Waals surface area contributed by atoms with E-state index >= 15 is 0 Å². The number of amides is 1. The van der Waals surface area contributed by atoms with Crippen LogP contribution in [0.15, 0.2) is 65.4 Å². The molecule has 1 amide bonds. The van der Waals surface area contributed by atoms with Gasteiger partial charge in [0.1, 0.15) is 11.5 Å². The molecule has 0 fully saturated rings. The minimum absolute atomic E-state index is 0.182. The number of ether oxygens (including phenoxy) is 1. The van der Waals surface area contributed by atoms with E-state index in [0.717, 1.165) is 11.3 Å². The molecule has 0 aliphatic heterocycles. The molecule has 122 valence electrons. The Hall–Kier alpha value is -3.08. The van der Waals surface area contributed by atoms with Gasteiger partial charge in [0.2, 0.25) is 0 Å². The number of aromatic nitrogens is 1. The van der Waals surface area contributed by atoms with E-state index in [9.17, 15) is 4.79 Å². The molecule has 1 atom stereocenters. The largest absolute Gasteiger partial charge is 0.496 e. The van der Waals surface area contributed by atoms with Crippen molar-refractivity contribution in [3.8, 4) is 17.0 Å². The molecular weight excluding hydrogens is 304 g/mol. The fraction of sp³-hybridized carbons (Fsp3) is 0.158. The van der Waals surface area contributed by atoms with Gasteiger partial charge in [-0.1, -0.05) is 6.07 Å². The Morgan fingerprint density at radius 1 is 1.21 bits per heavy atom. The Morgan fingerprint density at radius 3 is 2.75 bits per heavy atom. The highest BCUT2D eigenvalue weighted by atomic mass is 16.5. The van der Waals surface area contributed by atoms with E-state index in [2.05, 4.69) is 10.3 Å². The highest BCUT2D eigenvalue weighted by Crippen LogP contribution is 2.29. The number of hydrogen-bond acceptors (Lipinski definition) is 4. The zero-order valence-electron chi connectivity index (χ0n) is 13.5. The molecule has 0 aliphatic rings. The first-order valence-corrected chi connectivity index (χ1v) is 7.62. The van der Waals surface area contributed by atoms with Crippen LogP contribution in [0.25, 0.3) is 11.3 Å². The summed E-state index contributed by atoms with van der Waals surface area (Å²) in [5.74, 6) is 1.20. The number of methoxy groups -OCH3 is 1. The number of pyridine rings is 1. The molecule has 1 aromatic carbocycles. The van der Waals surface area contributed by atoms with Crippen LogP contribution < -0.4 is 10.1 Å². The van der Waals surface area contributed by atoms with Gasteiger partial charge in [0.05, 0.1) is 25.1 Å². The van der Waals surface area contributed by atoms with Crippen LogP contribution in [0.3, 0.4) is 0 Å². The molecule has 0 aliphatic carbocycles. The zero-order valence-corrected chi connectivity index (χ0v) is 13.5. The summed E-state index contributed by atoms with van der Waals surface area (Å²) >= 11 is 0. The Kier molecular flexibility index (Phi) is 4.61. The maximum Gasteiger partial charge on any atom is 0.251 e. The molecule has 5 nitrogen and oxygen atoms in total. The number of carbonyl (C=O) groups excluding carboxylic acids is 1. The first-order chi connectivity index (χ1) is 11.7. The van der Waals surface area contributed by atoms with Crippen LogP contribution in [0.4, 0.5) is 0 Å². The standard InChI is InChI=1S/C19H18N2O3/c1-13(17-7-5-11-24-17)21-19(22)14-8-9-18(23-2)15(12-14)16-6-3-4-10-20-16/h3-13H,1-2H3,(H,21,22)/t13-/m1/s1. The molecule has 0 unspecified atom stereocenters. The van der Waals surface area contributed by atoms with Gasteiger partial charge in [0.15, 0.2) is 0 Å². The Morgan fingerprint density at radius 2 is 2.08 bits per heavy atom. The predicted octanol–water partition coefficient (Wildman–Crippen LogP) is 3.84. The van der Waals surface area contributed by atoms with Crippen LogP contribution in [0.5, 0.6) is 5.75 Å². The van der Waals surface area contributed by atoms with Crippen LogP contribution in [0.2, 0.25) is 0 Å². The number of rotatable bonds is 5. The minimum atomic E-state index is -0.215. The van der Waals surface area contributed by atoms with Crippen LogP contribution in [0.1, 0.15) is 29.1 Å². The molecule has 0 radical (unpaired) electrons. The maximum atomic E-state index is 12.5. The summed E-state index contributed by atoms with van der Waals surface area (Å²) < 4.78 is 10.7. The molecule has 2 aromatic heterocycles. The van der Waals surface area contributed by atoms with Gasteiger partial charge in [0, 0.05) is 17.3 Å². The van der Waals surface area contributed by atoms with Crippen molar-refractivity contribution in [3.05, 3.63) is 72.3 Å². The highest BCUT2D eigenvalue weighted by molar-refractivity contribution is 5.96. The lowest BCUT2D eigenvalue weighted by molar-refractivity contribution is 0.0935. The Bertz CT molecular complexity index is 814. The minimum Gasteiger partial charge on any atom is -0.496 e. The molecule has 0 saturated carbocycles. The van der Waals surface area contributed by atoms with E-state index < -0.39 is 0 Å². The van der Waals surface area contributed by atoms with Crippen molar-refractivity contribution in [2.75, 3.05) is 7.11 Å². The van der Waals surface area contributed by atoms with Gasteiger partial charge < -0.3 is 14.5 Å². The smallest absolute Gasteiger partial charge is 0.251 e. The van der Waals surface area contributed by atoms with Crippen molar-refractivity contribution >= 4 is 5.91 Å². The lowest BCUT2D eigenvalue weighted by Crippen LogP contribution is -2.26. The van der Waals surface area contributed by atoms with Crippen LogP contribution in [-0.2, 0) is 0 Å². The highest BCUT2D eigenvalue weighted by Gasteiger charge is 2.16. The van der Waals surface area contributed by atoms with Gasteiger partial charge in [0.25, 0.3) is 5.91 Å². The molecule has 0 spiro atoms. The second-order valence-electron chi connectivity index (χ2n) is 5.34. The Labute approximate surface area is 140 Å². The van der Waals surface area contributed by atoms with Crippen molar-refractivity contribution in [3.63, 3.8) is 0 Å². The summed E-state index contributed by atoms with van der Waals surface area (Å²) in [6, 6.07) is 14.3. The number of nitrogens with zero attached hydrogens (tertiary/aromatic N) is 1. The topological polar surface area (TPSA) is 64.4 Å². The molecule has 5 heteroatoms. The predicted molar refractivity (Wildman–Crippen MR) is 90.8 cm³/mol. The quantitative estimate of drug-likeness (QED) is 0.775. The van der Waals surface area contributed by atoms with Gasteiger partial charge in [-0.2, -0.15) is 0 Å². The monoisotopic (exact) mass is 322 g/mol. The number of carbonyl (C=O) groups is 1. The second kappa shape index (κ2) is 7.00. The van der Waals surface area contributed by atoms with Gasteiger partial charge in [-0.15, -0.1) is 0 Å². The first-order valence-electron chi connectivity index (χ1n) is 7.62. The molecule has 1 N–H and O–H groups in total. The number of nitrogens with one attached hydrogen (secondary N) is 1. The molecule has 0 saturated heterocycles. The van der Waals surface area contributed by atoms with Gasteiger partial charge in [-0.05, 0) is 49.4 Å². The number of benzene rings is 1. The molecule has 3 rings (SSSR count). The van der Waals surface area contributed by atoms with Crippen molar-refractivity contribution in [1.82, 2.24) is 10.3 Å². The van der Waals surface area contributed by atoms with Crippen molar-refractivity contribution in [1.29, 1.82) is 0 Å². The number of furan rings is 1. The van der Waals surface area contributed by atoms with E-state index in [0.29, 0.717) is 17.1 Å². The third-order valence-electron chi connectivity index (χ3n) is 3.72. The fourth-order valence-electron chi connectivity index (χ4n) is 2.46. The lowest BCUT2D eigenvalue weighted by Gasteiger charge is -2.13. The fourth-order valence-corrected chi connectivity index (χ4v) is 2.46. The summed E-state index contributed by atoms with van der Waals surface area (Å²) in [6.07, 6.45) is 3.30. The third-order valence-corrected chi connectivity index (χ3v) is 3.72. The summed E-state index contributed by atoms with van der Waals surface area (Å²) in [5, 5.41) is 2.92. The van der Waals surface area contributed by atoms with Crippen molar-refractivity contribution in [2.24, 2.45) is 0 Å².